The molecule has 1 aliphatic heterocycles. The lowest BCUT2D eigenvalue weighted by molar-refractivity contribution is -0.146. The van der Waals surface area contributed by atoms with E-state index in [1.165, 1.54) is 6.20 Å². The third-order valence-corrected chi connectivity index (χ3v) is 6.27. The van der Waals surface area contributed by atoms with Crippen molar-refractivity contribution in [1.82, 2.24) is 9.88 Å². The molecule has 0 spiro atoms. The van der Waals surface area contributed by atoms with Gasteiger partial charge in [-0.2, -0.15) is 0 Å². The summed E-state index contributed by atoms with van der Waals surface area (Å²) in [5.41, 5.74) is 0.567. The Morgan fingerprint density at radius 1 is 1.39 bits per heavy atom. The molecule has 3 rings (SSSR count). The lowest BCUT2D eigenvalue weighted by Gasteiger charge is -2.43. The highest BCUT2D eigenvalue weighted by Crippen LogP contribution is 2.29. The van der Waals surface area contributed by atoms with Gasteiger partial charge in [-0.15, -0.1) is 0 Å². The fourth-order valence-corrected chi connectivity index (χ4v) is 4.92. The van der Waals surface area contributed by atoms with E-state index in [4.69, 9.17) is 4.74 Å². The summed E-state index contributed by atoms with van der Waals surface area (Å²) in [6.07, 6.45) is 5.49. The van der Waals surface area contributed by atoms with Crippen molar-refractivity contribution in [2.75, 3.05) is 18.9 Å². The normalized spacial score (nSPS) is 25.0. The lowest BCUT2D eigenvalue weighted by atomic mass is 9.90. The summed E-state index contributed by atoms with van der Waals surface area (Å²) in [5, 5.41) is 0.00167. The summed E-state index contributed by atoms with van der Waals surface area (Å²) < 4.78 is 30.8. The molecular weight excluding hydrogens is 316 g/mol. The first kappa shape index (κ1) is 16.4. The van der Waals surface area contributed by atoms with Gasteiger partial charge in [-0.25, -0.2) is 13.4 Å². The molecule has 1 aliphatic carbocycles. The first-order valence-corrected chi connectivity index (χ1v) is 9.70. The predicted molar refractivity (Wildman–Crippen MR) is 84.7 cm³/mol. The Bertz CT molecular complexity index is 687. The molecule has 0 aromatic carbocycles. The minimum Gasteiger partial charge on any atom is -0.374 e. The lowest BCUT2D eigenvalue weighted by Crippen LogP contribution is -2.56. The van der Waals surface area contributed by atoms with Crippen LogP contribution in [0.3, 0.4) is 0 Å². The molecule has 0 radical (unpaired) electrons. The van der Waals surface area contributed by atoms with E-state index in [9.17, 15) is 13.2 Å². The van der Waals surface area contributed by atoms with Gasteiger partial charge in [0.2, 0.25) is 15.7 Å². The SMILES string of the molecule is Cc1cccnc1S(=O)(=O)CC(=O)N1CCOC2CCCCC21. The number of pyridine rings is 1. The first-order chi connectivity index (χ1) is 11.0. The Morgan fingerprint density at radius 2 is 2.17 bits per heavy atom. The number of aryl methyl sites for hydroxylation is 1. The topological polar surface area (TPSA) is 76.6 Å². The molecule has 7 heteroatoms. The number of ether oxygens (including phenoxy) is 1. The third-order valence-electron chi connectivity index (χ3n) is 4.62. The minimum atomic E-state index is -3.72. The van der Waals surface area contributed by atoms with Crippen LogP contribution in [0.1, 0.15) is 31.2 Å². The molecule has 2 heterocycles. The van der Waals surface area contributed by atoms with Gasteiger partial charge in [-0.1, -0.05) is 18.9 Å². The zero-order valence-electron chi connectivity index (χ0n) is 13.3. The average molecular weight is 338 g/mol. The summed E-state index contributed by atoms with van der Waals surface area (Å²) in [7, 11) is -3.72. The van der Waals surface area contributed by atoms with Crippen LogP contribution in [-0.2, 0) is 19.4 Å². The maximum absolute atomic E-state index is 12.6. The molecule has 2 fully saturated rings. The Labute approximate surface area is 136 Å². The molecule has 1 aromatic rings. The molecule has 2 atom stereocenters. The van der Waals surface area contributed by atoms with Crippen molar-refractivity contribution >= 4 is 15.7 Å². The van der Waals surface area contributed by atoms with Gasteiger partial charge >= 0.3 is 0 Å². The van der Waals surface area contributed by atoms with Gasteiger partial charge in [0.05, 0.1) is 18.8 Å². The quantitative estimate of drug-likeness (QED) is 0.831. The van der Waals surface area contributed by atoms with Crippen molar-refractivity contribution in [3.63, 3.8) is 0 Å². The zero-order valence-corrected chi connectivity index (χ0v) is 14.1. The molecule has 1 amide bonds. The van der Waals surface area contributed by atoms with E-state index in [0.29, 0.717) is 18.7 Å². The van der Waals surface area contributed by atoms with Crippen LogP contribution in [0, 0.1) is 6.92 Å². The fraction of sp³-hybridized carbons (Fsp3) is 0.625. The van der Waals surface area contributed by atoms with Crippen LogP contribution in [0.15, 0.2) is 23.4 Å². The number of hydrogen-bond acceptors (Lipinski definition) is 5. The Kier molecular flexibility index (Phi) is 4.68. The second-order valence-electron chi connectivity index (χ2n) is 6.23. The molecule has 126 valence electrons. The van der Waals surface area contributed by atoms with Gasteiger partial charge in [0, 0.05) is 12.7 Å². The van der Waals surface area contributed by atoms with Crippen molar-refractivity contribution < 1.29 is 17.9 Å². The molecule has 1 saturated heterocycles. The second kappa shape index (κ2) is 6.57. The number of fused-ring (bicyclic) bond motifs is 1. The van der Waals surface area contributed by atoms with Crippen molar-refractivity contribution in [2.45, 2.75) is 49.8 Å². The number of sulfone groups is 1. The third kappa shape index (κ3) is 3.40. The average Bonchev–Trinajstić information content (AvgIpc) is 2.54. The van der Waals surface area contributed by atoms with E-state index in [0.717, 1.165) is 25.7 Å². The molecule has 0 N–H and O–H groups in total. The van der Waals surface area contributed by atoms with E-state index in [-0.39, 0.29) is 23.1 Å². The van der Waals surface area contributed by atoms with Crippen LogP contribution in [0.25, 0.3) is 0 Å². The maximum atomic E-state index is 12.6. The molecule has 6 nitrogen and oxygen atoms in total. The first-order valence-electron chi connectivity index (χ1n) is 8.04. The molecule has 2 unspecified atom stereocenters. The fourth-order valence-electron chi connectivity index (χ4n) is 3.52. The highest BCUT2D eigenvalue weighted by atomic mass is 32.2. The summed E-state index contributed by atoms with van der Waals surface area (Å²) in [4.78, 5) is 18.3. The number of hydrogen-bond donors (Lipinski definition) is 0. The van der Waals surface area contributed by atoms with Gasteiger partial charge < -0.3 is 9.64 Å². The zero-order chi connectivity index (χ0) is 16.4. The highest BCUT2D eigenvalue weighted by molar-refractivity contribution is 7.92. The van der Waals surface area contributed by atoms with Gasteiger partial charge in [0.1, 0.15) is 5.75 Å². The van der Waals surface area contributed by atoms with Gasteiger partial charge in [0.15, 0.2) is 5.03 Å². The van der Waals surface area contributed by atoms with Crippen LogP contribution >= 0.6 is 0 Å². The molecular formula is C16H22N2O4S. The predicted octanol–water partition coefficient (Wildman–Crippen LogP) is 1.33. The van der Waals surface area contributed by atoms with E-state index >= 15 is 0 Å². The molecule has 1 aromatic heterocycles. The smallest absolute Gasteiger partial charge is 0.238 e. The number of carbonyl (C=O) groups is 1. The molecule has 23 heavy (non-hydrogen) atoms. The van der Waals surface area contributed by atoms with E-state index < -0.39 is 15.6 Å². The number of morpholine rings is 1. The second-order valence-corrected chi connectivity index (χ2v) is 8.14. The van der Waals surface area contributed by atoms with Crippen LogP contribution in [-0.4, -0.2) is 55.3 Å². The van der Waals surface area contributed by atoms with Crippen molar-refractivity contribution in [1.29, 1.82) is 0 Å². The Morgan fingerprint density at radius 3 is 2.96 bits per heavy atom. The summed E-state index contributed by atoms with van der Waals surface area (Å²) in [5.74, 6) is -0.857. The van der Waals surface area contributed by atoms with Crippen LogP contribution in [0.2, 0.25) is 0 Å². The van der Waals surface area contributed by atoms with E-state index in [1.807, 2.05) is 0 Å². The molecule has 2 aliphatic rings. The molecule has 1 saturated carbocycles. The maximum Gasteiger partial charge on any atom is 0.238 e. The van der Waals surface area contributed by atoms with Crippen LogP contribution in [0.5, 0.6) is 0 Å². The van der Waals surface area contributed by atoms with E-state index in [1.54, 1.807) is 24.0 Å². The largest absolute Gasteiger partial charge is 0.374 e. The van der Waals surface area contributed by atoms with Crippen molar-refractivity contribution in [2.24, 2.45) is 0 Å². The summed E-state index contributed by atoms with van der Waals surface area (Å²) >= 11 is 0. The highest BCUT2D eigenvalue weighted by Gasteiger charge is 2.38. The van der Waals surface area contributed by atoms with Crippen LogP contribution in [0.4, 0.5) is 0 Å². The molecule has 0 bridgehead atoms. The monoisotopic (exact) mass is 338 g/mol. The summed E-state index contributed by atoms with van der Waals surface area (Å²) in [6, 6.07) is 3.39. The van der Waals surface area contributed by atoms with Crippen LogP contribution < -0.4 is 0 Å². The standard InChI is InChI=1S/C16H22N2O4S/c1-12-5-4-8-17-16(12)23(20,21)11-15(19)18-9-10-22-14-7-3-2-6-13(14)18/h4-5,8,13-14H,2-3,6-7,9-11H2,1H3. The number of rotatable bonds is 3. The number of carbonyl (C=O) groups excluding carboxylic acids is 1. The summed E-state index contributed by atoms with van der Waals surface area (Å²) in [6.45, 7) is 2.64. The van der Waals surface area contributed by atoms with E-state index in [2.05, 4.69) is 4.98 Å². The van der Waals surface area contributed by atoms with Crippen molar-refractivity contribution in [3.05, 3.63) is 23.9 Å². The Hall–Kier alpha value is -1.47. The van der Waals surface area contributed by atoms with Gasteiger partial charge in [-0.05, 0) is 31.4 Å². The van der Waals surface area contributed by atoms with Gasteiger partial charge in [0.25, 0.3) is 0 Å². The van der Waals surface area contributed by atoms with Gasteiger partial charge in [-0.3, -0.25) is 4.79 Å². The Balaban J connectivity index is 1.77. The number of nitrogens with zero attached hydrogens (tertiary/aromatic N) is 2. The van der Waals surface area contributed by atoms with Crippen molar-refractivity contribution in [3.8, 4) is 0 Å². The number of aromatic nitrogens is 1. The minimum absolute atomic E-state index is 0.00167. The number of amides is 1.